The zero-order chi connectivity index (χ0) is 12.4. The molecule has 1 aromatic carbocycles. The lowest BCUT2D eigenvalue weighted by Gasteiger charge is -2.13. The highest BCUT2D eigenvalue weighted by Crippen LogP contribution is 2.30. The second-order valence-corrected chi connectivity index (χ2v) is 4.48. The van der Waals surface area contributed by atoms with E-state index in [1.165, 1.54) is 18.4 Å². The molecule has 18 heavy (non-hydrogen) atoms. The molecule has 0 radical (unpaired) electrons. The zero-order valence-corrected chi connectivity index (χ0v) is 11.2. The number of ether oxygens (including phenoxy) is 1. The van der Waals surface area contributed by atoms with Crippen LogP contribution in [-0.2, 0) is 0 Å². The molecule has 0 saturated heterocycles. The van der Waals surface area contributed by atoms with Crippen LogP contribution in [0.25, 0.3) is 0 Å². The van der Waals surface area contributed by atoms with Crippen LogP contribution in [0.4, 0.5) is 8.78 Å². The Kier molecular flexibility index (Phi) is 5.07. The highest BCUT2D eigenvalue weighted by atomic mass is 35.5. The maximum absolute atomic E-state index is 13.7. The molecule has 2 N–H and O–H groups in total. The molecule has 6 heteroatoms. The molecule has 0 aliphatic rings. The molecular weight excluding hydrogens is 280 g/mol. The van der Waals surface area contributed by atoms with Gasteiger partial charge in [0, 0.05) is 22.6 Å². The van der Waals surface area contributed by atoms with Crippen molar-refractivity contribution in [1.82, 2.24) is 0 Å². The number of hydrogen-bond donors (Lipinski definition) is 1. The van der Waals surface area contributed by atoms with E-state index in [1.54, 1.807) is 12.1 Å². The maximum atomic E-state index is 13.7. The van der Waals surface area contributed by atoms with E-state index in [-0.39, 0.29) is 23.7 Å². The Hall–Kier alpha value is -1.17. The van der Waals surface area contributed by atoms with E-state index in [0.717, 1.165) is 12.1 Å². The molecule has 0 fully saturated rings. The van der Waals surface area contributed by atoms with Crippen LogP contribution in [0.1, 0.15) is 16.5 Å². The summed E-state index contributed by atoms with van der Waals surface area (Å²) < 4.78 is 32.3. The summed E-state index contributed by atoms with van der Waals surface area (Å²) >= 11 is 1.36. The molecule has 2 aromatic rings. The normalized spacial score (nSPS) is 11.8. The fourth-order valence-electron chi connectivity index (χ4n) is 1.59. The Bertz CT molecular complexity index is 496. The Morgan fingerprint density at radius 1 is 1.28 bits per heavy atom. The second kappa shape index (κ2) is 6.13. The van der Waals surface area contributed by atoms with Crippen LogP contribution < -0.4 is 10.5 Å². The SMILES string of the molecule is COc1cc(F)c([C@@H](N)c2cccs2)c(F)c1.Cl. The van der Waals surface area contributed by atoms with E-state index < -0.39 is 17.7 Å². The van der Waals surface area contributed by atoms with Gasteiger partial charge in [0.05, 0.1) is 13.2 Å². The van der Waals surface area contributed by atoms with Crippen LogP contribution >= 0.6 is 23.7 Å². The van der Waals surface area contributed by atoms with E-state index in [0.29, 0.717) is 4.88 Å². The number of thiophene rings is 1. The summed E-state index contributed by atoms with van der Waals surface area (Å²) in [6.07, 6.45) is 0. The van der Waals surface area contributed by atoms with Gasteiger partial charge in [0.15, 0.2) is 0 Å². The zero-order valence-electron chi connectivity index (χ0n) is 9.52. The number of nitrogens with two attached hydrogens (primary N) is 1. The van der Waals surface area contributed by atoms with Crippen molar-refractivity contribution >= 4 is 23.7 Å². The standard InChI is InChI=1S/C12H11F2NOS.ClH/c1-16-7-5-8(13)11(9(14)6-7)12(15)10-3-2-4-17-10;/h2-6,12H,15H2,1H3;1H/t12-;/m0./s1. The molecule has 0 unspecified atom stereocenters. The highest BCUT2D eigenvalue weighted by Gasteiger charge is 2.20. The average molecular weight is 292 g/mol. The molecule has 0 aliphatic heterocycles. The molecule has 0 bridgehead atoms. The third-order valence-electron chi connectivity index (χ3n) is 2.45. The fourth-order valence-corrected chi connectivity index (χ4v) is 2.32. The first-order chi connectivity index (χ1) is 8.13. The molecule has 2 nitrogen and oxygen atoms in total. The minimum atomic E-state index is -0.791. The summed E-state index contributed by atoms with van der Waals surface area (Å²) in [5.74, 6) is -1.24. The molecule has 0 spiro atoms. The quantitative estimate of drug-likeness (QED) is 0.939. The van der Waals surface area contributed by atoms with Gasteiger partial charge in [-0.05, 0) is 11.4 Å². The largest absolute Gasteiger partial charge is 0.497 e. The van der Waals surface area contributed by atoms with Gasteiger partial charge in [0.2, 0.25) is 0 Å². The van der Waals surface area contributed by atoms with Crippen LogP contribution in [0.3, 0.4) is 0 Å². The van der Waals surface area contributed by atoms with Gasteiger partial charge in [-0.15, -0.1) is 23.7 Å². The van der Waals surface area contributed by atoms with Gasteiger partial charge in [-0.1, -0.05) is 6.07 Å². The highest BCUT2D eigenvalue weighted by molar-refractivity contribution is 7.10. The molecular formula is C12H12ClF2NOS. The Labute approximate surface area is 114 Å². The molecule has 0 aliphatic carbocycles. The van der Waals surface area contributed by atoms with Crippen molar-refractivity contribution in [2.24, 2.45) is 5.73 Å². The smallest absolute Gasteiger partial charge is 0.134 e. The third kappa shape index (κ3) is 2.80. The minimum Gasteiger partial charge on any atom is -0.497 e. The Morgan fingerprint density at radius 3 is 2.33 bits per heavy atom. The van der Waals surface area contributed by atoms with Gasteiger partial charge < -0.3 is 10.5 Å². The lowest BCUT2D eigenvalue weighted by molar-refractivity contribution is 0.404. The first-order valence-corrected chi connectivity index (χ1v) is 5.83. The molecule has 1 aromatic heterocycles. The maximum Gasteiger partial charge on any atom is 0.134 e. The topological polar surface area (TPSA) is 35.2 Å². The van der Waals surface area contributed by atoms with Crippen LogP contribution in [-0.4, -0.2) is 7.11 Å². The van der Waals surface area contributed by atoms with Crippen LogP contribution in [0.15, 0.2) is 29.6 Å². The van der Waals surface area contributed by atoms with E-state index in [4.69, 9.17) is 10.5 Å². The first-order valence-electron chi connectivity index (χ1n) is 4.95. The number of hydrogen-bond acceptors (Lipinski definition) is 3. The van der Waals surface area contributed by atoms with Gasteiger partial charge in [0.25, 0.3) is 0 Å². The molecule has 1 atom stereocenters. The fraction of sp³-hybridized carbons (Fsp3) is 0.167. The number of benzene rings is 1. The van der Waals surface area contributed by atoms with Gasteiger partial charge in [-0.25, -0.2) is 8.78 Å². The summed E-state index contributed by atoms with van der Waals surface area (Å²) in [6, 6.07) is 5.01. The summed E-state index contributed by atoms with van der Waals surface area (Å²) in [5, 5.41) is 1.81. The van der Waals surface area contributed by atoms with Gasteiger partial charge >= 0.3 is 0 Å². The van der Waals surface area contributed by atoms with E-state index in [2.05, 4.69) is 0 Å². The van der Waals surface area contributed by atoms with Crippen molar-refractivity contribution in [3.05, 3.63) is 51.7 Å². The molecule has 0 amide bonds. The summed E-state index contributed by atoms with van der Waals surface area (Å²) in [5.41, 5.74) is 5.71. The monoisotopic (exact) mass is 291 g/mol. The predicted octanol–water partition coefficient (Wildman–Crippen LogP) is 3.50. The van der Waals surface area contributed by atoms with Crippen molar-refractivity contribution in [1.29, 1.82) is 0 Å². The van der Waals surface area contributed by atoms with E-state index >= 15 is 0 Å². The van der Waals surface area contributed by atoms with E-state index in [1.807, 2.05) is 5.38 Å². The van der Waals surface area contributed by atoms with Crippen molar-refractivity contribution in [3.63, 3.8) is 0 Å². The second-order valence-electron chi connectivity index (χ2n) is 3.50. The van der Waals surface area contributed by atoms with Crippen molar-refractivity contribution in [2.45, 2.75) is 6.04 Å². The molecule has 0 saturated carbocycles. The summed E-state index contributed by atoms with van der Waals surface area (Å²) in [6.45, 7) is 0. The lowest BCUT2D eigenvalue weighted by atomic mass is 10.0. The number of methoxy groups -OCH3 is 1. The van der Waals surface area contributed by atoms with Crippen molar-refractivity contribution in [2.75, 3.05) is 7.11 Å². The lowest BCUT2D eigenvalue weighted by Crippen LogP contribution is -2.14. The minimum absolute atomic E-state index is 0. The van der Waals surface area contributed by atoms with Crippen LogP contribution in [0, 0.1) is 11.6 Å². The average Bonchev–Trinajstić information content (AvgIpc) is 2.81. The van der Waals surface area contributed by atoms with Crippen molar-refractivity contribution < 1.29 is 13.5 Å². The molecule has 2 rings (SSSR count). The number of halogens is 3. The van der Waals surface area contributed by atoms with Crippen molar-refractivity contribution in [3.8, 4) is 5.75 Å². The van der Waals surface area contributed by atoms with Gasteiger partial charge in [-0.2, -0.15) is 0 Å². The van der Waals surface area contributed by atoms with Gasteiger partial charge in [0.1, 0.15) is 17.4 Å². The number of rotatable bonds is 3. The Balaban J connectivity index is 0.00000162. The summed E-state index contributed by atoms with van der Waals surface area (Å²) in [7, 11) is 1.35. The Morgan fingerprint density at radius 2 is 1.89 bits per heavy atom. The predicted molar refractivity (Wildman–Crippen MR) is 70.5 cm³/mol. The molecule has 1 heterocycles. The van der Waals surface area contributed by atoms with Crippen LogP contribution in [0.5, 0.6) is 5.75 Å². The molecule has 98 valence electrons. The first kappa shape index (κ1) is 14.9. The third-order valence-corrected chi connectivity index (χ3v) is 3.40. The van der Waals surface area contributed by atoms with Gasteiger partial charge in [-0.3, -0.25) is 0 Å². The summed E-state index contributed by atoms with van der Waals surface area (Å²) in [4.78, 5) is 0.716. The van der Waals surface area contributed by atoms with Crippen LogP contribution in [0.2, 0.25) is 0 Å². The van der Waals surface area contributed by atoms with E-state index in [9.17, 15) is 8.78 Å².